The van der Waals surface area contributed by atoms with E-state index < -0.39 is 23.1 Å². The molecule has 0 amide bonds. The molecular formula is C23H6Cl8O4. The van der Waals surface area contributed by atoms with E-state index in [9.17, 15) is 19.5 Å². The van der Waals surface area contributed by atoms with Gasteiger partial charge < -0.3 is 5.11 Å². The summed E-state index contributed by atoms with van der Waals surface area (Å²) in [5.41, 5.74) is -0.652. The standard InChI is InChI=1S/C23H6Cl8O4/c24-12-8-9(13(25)17(29)16(12)28)21(33)6(20(8)32)4-2-1-3-5-7-22(34)10-11(23(7)35)15(27)19(31)18(30)14(10)26/h1-5,32H. The highest BCUT2D eigenvalue weighted by molar-refractivity contribution is 6.57. The second-order valence-corrected chi connectivity index (χ2v) is 10.1. The number of fused-ring (bicyclic) bond motifs is 2. The average molecular weight is 630 g/mol. The maximum atomic E-state index is 12.8. The van der Waals surface area contributed by atoms with E-state index >= 15 is 0 Å². The Morgan fingerprint density at radius 3 is 1.34 bits per heavy atom. The molecule has 0 saturated carbocycles. The van der Waals surface area contributed by atoms with Crippen LogP contribution in [0.25, 0.3) is 5.76 Å². The van der Waals surface area contributed by atoms with Crippen LogP contribution in [0.3, 0.4) is 0 Å². The Balaban J connectivity index is 1.63. The summed E-state index contributed by atoms with van der Waals surface area (Å²) in [4.78, 5) is 38.2. The molecule has 0 aromatic heterocycles. The van der Waals surface area contributed by atoms with Crippen molar-refractivity contribution < 1.29 is 19.5 Å². The number of carbonyl (C=O) groups excluding carboxylic acids is 3. The highest BCUT2D eigenvalue weighted by Gasteiger charge is 2.39. The van der Waals surface area contributed by atoms with E-state index in [-0.39, 0.29) is 73.6 Å². The Hall–Kier alpha value is -1.47. The van der Waals surface area contributed by atoms with Crippen LogP contribution in [-0.2, 0) is 0 Å². The van der Waals surface area contributed by atoms with E-state index in [0.717, 1.165) is 0 Å². The molecule has 2 aliphatic rings. The monoisotopic (exact) mass is 626 g/mol. The number of carbonyl (C=O) groups is 3. The van der Waals surface area contributed by atoms with Gasteiger partial charge >= 0.3 is 0 Å². The molecule has 2 aromatic rings. The van der Waals surface area contributed by atoms with Crippen LogP contribution in [0.1, 0.15) is 36.6 Å². The first-order valence-corrected chi connectivity index (χ1v) is 12.3. The SMILES string of the molecule is O=C1C(=CC=CC=CC2=C(O)c3c(Cl)c(Cl)c(Cl)c(Cl)c3C2=O)C(=O)c2c(Cl)c(Cl)c(Cl)c(Cl)c21. The molecule has 0 unspecified atom stereocenters. The Labute approximate surface area is 237 Å². The number of rotatable bonds is 3. The molecule has 0 radical (unpaired) electrons. The number of allylic oxidation sites excluding steroid dienone is 7. The van der Waals surface area contributed by atoms with Crippen LogP contribution in [0, 0.1) is 0 Å². The lowest BCUT2D eigenvalue weighted by Gasteiger charge is -2.09. The smallest absolute Gasteiger partial charge is 0.199 e. The van der Waals surface area contributed by atoms with Gasteiger partial charge in [-0.15, -0.1) is 0 Å². The third-order valence-corrected chi connectivity index (χ3v) is 8.79. The summed E-state index contributed by atoms with van der Waals surface area (Å²) in [6.45, 7) is 0. The number of aliphatic hydroxyl groups is 1. The van der Waals surface area contributed by atoms with Crippen molar-refractivity contribution in [3.8, 4) is 0 Å². The fourth-order valence-electron chi connectivity index (χ4n) is 3.55. The zero-order valence-corrected chi connectivity index (χ0v) is 22.6. The minimum atomic E-state index is -0.663. The molecule has 1 N–H and O–H groups in total. The number of hydrogen-bond acceptors (Lipinski definition) is 4. The van der Waals surface area contributed by atoms with Gasteiger partial charge in [0.1, 0.15) is 5.76 Å². The summed E-state index contributed by atoms with van der Waals surface area (Å²) < 4.78 is 0. The van der Waals surface area contributed by atoms with Crippen molar-refractivity contribution >= 4 is 116 Å². The van der Waals surface area contributed by atoms with Crippen LogP contribution in [0.15, 0.2) is 41.5 Å². The van der Waals surface area contributed by atoms with Crippen LogP contribution in [0.5, 0.6) is 0 Å². The van der Waals surface area contributed by atoms with Gasteiger partial charge in [0.2, 0.25) is 0 Å². The Morgan fingerprint density at radius 2 is 0.886 bits per heavy atom. The lowest BCUT2D eigenvalue weighted by molar-refractivity contribution is 0.0986. The van der Waals surface area contributed by atoms with E-state index in [1.165, 1.54) is 30.4 Å². The zero-order valence-electron chi connectivity index (χ0n) is 16.6. The molecule has 4 rings (SSSR count). The predicted octanol–water partition coefficient (Wildman–Crippen LogP) is 9.50. The van der Waals surface area contributed by atoms with Gasteiger partial charge in [0.25, 0.3) is 0 Å². The van der Waals surface area contributed by atoms with E-state index in [0.29, 0.717) is 0 Å². The van der Waals surface area contributed by atoms with E-state index in [2.05, 4.69) is 0 Å². The molecular weight excluding hydrogens is 624 g/mol. The fraction of sp³-hybridized carbons (Fsp3) is 0. The molecule has 2 aliphatic carbocycles. The van der Waals surface area contributed by atoms with Crippen LogP contribution >= 0.6 is 92.8 Å². The Bertz CT molecular complexity index is 1480. The van der Waals surface area contributed by atoms with Gasteiger partial charge in [-0.25, -0.2) is 0 Å². The molecule has 0 fully saturated rings. The second kappa shape index (κ2) is 9.77. The van der Waals surface area contributed by atoms with Crippen LogP contribution < -0.4 is 0 Å². The van der Waals surface area contributed by atoms with Crippen molar-refractivity contribution in [3.05, 3.63) is 104 Å². The fourth-order valence-corrected chi connectivity index (χ4v) is 5.60. The zero-order chi connectivity index (χ0) is 25.9. The van der Waals surface area contributed by atoms with Gasteiger partial charge in [0.05, 0.1) is 68.0 Å². The predicted molar refractivity (Wildman–Crippen MR) is 142 cm³/mol. The third-order valence-electron chi connectivity index (χ3n) is 5.19. The highest BCUT2D eigenvalue weighted by Crippen LogP contribution is 2.48. The molecule has 0 atom stereocenters. The van der Waals surface area contributed by atoms with Crippen molar-refractivity contribution in [2.45, 2.75) is 0 Å². The van der Waals surface area contributed by atoms with Gasteiger partial charge in [-0.1, -0.05) is 111 Å². The number of hydrogen-bond donors (Lipinski definition) is 1. The number of halogens is 8. The van der Waals surface area contributed by atoms with E-state index in [1.807, 2.05) is 0 Å². The number of Topliss-reactive ketones (excluding diaryl/α,β-unsaturated/α-hetero) is 3. The molecule has 0 heterocycles. The van der Waals surface area contributed by atoms with Crippen molar-refractivity contribution in [2.75, 3.05) is 0 Å². The molecule has 0 spiro atoms. The summed E-state index contributed by atoms with van der Waals surface area (Å²) in [7, 11) is 0. The number of benzene rings is 2. The Kier molecular flexibility index (Phi) is 7.42. The van der Waals surface area contributed by atoms with Crippen molar-refractivity contribution in [1.82, 2.24) is 0 Å². The van der Waals surface area contributed by atoms with Crippen molar-refractivity contribution in [3.63, 3.8) is 0 Å². The quantitative estimate of drug-likeness (QED) is 0.121. The summed E-state index contributed by atoms with van der Waals surface area (Å²) in [6, 6.07) is 0. The molecule has 12 heteroatoms. The summed E-state index contributed by atoms with van der Waals surface area (Å²) >= 11 is 48.5. The lowest BCUT2D eigenvalue weighted by Crippen LogP contribution is -2.00. The van der Waals surface area contributed by atoms with Crippen LogP contribution in [0.2, 0.25) is 40.2 Å². The maximum absolute atomic E-state index is 12.8. The second-order valence-electron chi connectivity index (χ2n) is 7.09. The van der Waals surface area contributed by atoms with Gasteiger partial charge in [-0.3, -0.25) is 14.4 Å². The first kappa shape index (κ1) is 26.6. The van der Waals surface area contributed by atoms with Gasteiger partial charge in [-0.05, 0) is 12.2 Å². The van der Waals surface area contributed by atoms with Gasteiger partial charge in [0.15, 0.2) is 17.3 Å². The van der Waals surface area contributed by atoms with Crippen LogP contribution in [-0.4, -0.2) is 22.5 Å². The minimum absolute atomic E-state index is 0.0205. The normalized spacial score (nSPS) is 15.3. The molecule has 0 aliphatic heterocycles. The number of aliphatic hydroxyl groups excluding tert-OH is 1. The third kappa shape index (κ3) is 4.05. The molecule has 178 valence electrons. The molecule has 0 bridgehead atoms. The summed E-state index contributed by atoms with van der Waals surface area (Å²) in [6.07, 6.45) is 6.72. The van der Waals surface area contributed by atoms with E-state index in [1.54, 1.807) is 0 Å². The summed E-state index contributed by atoms with van der Waals surface area (Å²) in [5.74, 6) is -2.36. The minimum Gasteiger partial charge on any atom is -0.506 e. The molecule has 4 nitrogen and oxygen atoms in total. The molecule has 0 saturated heterocycles. The Morgan fingerprint density at radius 1 is 0.486 bits per heavy atom. The first-order chi connectivity index (χ1) is 16.4. The van der Waals surface area contributed by atoms with Crippen molar-refractivity contribution in [2.24, 2.45) is 0 Å². The lowest BCUT2D eigenvalue weighted by atomic mass is 10.1. The first-order valence-electron chi connectivity index (χ1n) is 9.26. The molecule has 35 heavy (non-hydrogen) atoms. The van der Waals surface area contributed by atoms with Crippen LogP contribution in [0.4, 0.5) is 0 Å². The molecule has 2 aromatic carbocycles. The average Bonchev–Trinajstić information content (AvgIpc) is 3.22. The highest BCUT2D eigenvalue weighted by atomic mass is 35.5. The van der Waals surface area contributed by atoms with E-state index in [4.69, 9.17) is 92.8 Å². The number of ketones is 3. The topological polar surface area (TPSA) is 71.4 Å². The van der Waals surface area contributed by atoms with Gasteiger partial charge in [-0.2, -0.15) is 0 Å². The van der Waals surface area contributed by atoms with Crippen molar-refractivity contribution in [1.29, 1.82) is 0 Å². The largest absolute Gasteiger partial charge is 0.506 e. The van der Waals surface area contributed by atoms with Gasteiger partial charge in [0, 0.05) is 5.56 Å². The maximum Gasteiger partial charge on any atom is 0.199 e. The summed E-state index contributed by atoms with van der Waals surface area (Å²) in [5, 5.41) is 9.49.